The SMILES string of the molecule is O=[N+]([O-])c1ccc(Cl)c2n[nH]nc12. The number of aromatic amines is 1. The Hall–Kier alpha value is -1.69. The molecule has 0 amide bonds. The lowest BCUT2D eigenvalue weighted by Crippen LogP contribution is -1.89. The van der Waals surface area contributed by atoms with Gasteiger partial charge in [-0.15, -0.1) is 5.10 Å². The Labute approximate surface area is 76.7 Å². The normalized spacial score (nSPS) is 10.5. The van der Waals surface area contributed by atoms with Crippen molar-refractivity contribution >= 4 is 28.3 Å². The topological polar surface area (TPSA) is 84.7 Å². The number of fused-ring (bicyclic) bond motifs is 1. The minimum absolute atomic E-state index is 0.104. The molecule has 0 aliphatic rings. The molecule has 1 N–H and O–H groups in total. The van der Waals surface area contributed by atoms with Crippen molar-refractivity contribution in [1.82, 2.24) is 15.4 Å². The molecule has 2 aromatic rings. The molecule has 0 bridgehead atoms. The maximum Gasteiger partial charge on any atom is 0.299 e. The van der Waals surface area contributed by atoms with Gasteiger partial charge in [0.15, 0.2) is 5.52 Å². The maximum atomic E-state index is 10.5. The number of H-pyrrole nitrogens is 1. The summed E-state index contributed by atoms with van der Waals surface area (Å²) in [5.41, 5.74) is 0.390. The van der Waals surface area contributed by atoms with Crippen molar-refractivity contribution < 1.29 is 4.92 Å². The number of halogens is 1. The number of nitro benzene ring substituents is 1. The largest absolute Gasteiger partial charge is 0.299 e. The minimum atomic E-state index is -0.527. The molecule has 0 atom stereocenters. The van der Waals surface area contributed by atoms with Gasteiger partial charge in [-0.25, -0.2) is 0 Å². The highest BCUT2D eigenvalue weighted by Crippen LogP contribution is 2.27. The number of hydrogen-bond donors (Lipinski definition) is 1. The molecule has 13 heavy (non-hydrogen) atoms. The fraction of sp³-hybridized carbons (Fsp3) is 0. The lowest BCUT2D eigenvalue weighted by atomic mass is 10.3. The molecule has 66 valence electrons. The third-order valence-electron chi connectivity index (χ3n) is 1.60. The van der Waals surface area contributed by atoms with E-state index in [4.69, 9.17) is 11.6 Å². The summed E-state index contributed by atoms with van der Waals surface area (Å²) in [5.74, 6) is 0. The minimum Gasteiger partial charge on any atom is -0.258 e. The molecule has 6 nitrogen and oxygen atoms in total. The summed E-state index contributed by atoms with van der Waals surface area (Å²) in [7, 11) is 0. The smallest absolute Gasteiger partial charge is 0.258 e. The molecular formula is C6H3ClN4O2. The fourth-order valence-corrected chi connectivity index (χ4v) is 1.23. The molecule has 2 rings (SSSR count). The summed E-state index contributed by atoms with van der Waals surface area (Å²) >= 11 is 5.73. The highest BCUT2D eigenvalue weighted by Gasteiger charge is 2.16. The van der Waals surface area contributed by atoms with Crippen LogP contribution in [0.15, 0.2) is 12.1 Å². The van der Waals surface area contributed by atoms with Gasteiger partial charge in [0, 0.05) is 6.07 Å². The second-order valence-electron chi connectivity index (χ2n) is 2.34. The van der Waals surface area contributed by atoms with Crippen molar-refractivity contribution in [2.45, 2.75) is 0 Å². The number of benzene rings is 1. The van der Waals surface area contributed by atoms with Crippen molar-refractivity contribution in [1.29, 1.82) is 0 Å². The number of nitrogens with zero attached hydrogens (tertiary/aromatic N) is 3. The first-order chi connectivity index (χ1) is 6.20. The Morgan fingerprint density at radius 3 is 2.77 bits per heavy atom. The van der Waals surface area contributed by atoms with Crippen molar-refractivity contribution in [2.24, 2.45) is 0 Å². The number of nitrogens with one attached hydrogen (secondary N) is 1. The van der Waals surface area contributed by atoms with E-state index in [2.05, 4.69) is 15.4 Å². The predicted octanol–water partition coefficient (Wildman–Crippen LogP) is 1.52. The van der Waals surface area contributed by atoms with Crippen LogP contribution in [0.4, 0.5) is 5.69 Å². The molecule has 0 spiro atoms. The highest BCUT2D eigenvalue weighted by molar-refractivity contribution is 6.35. The summed E-state index contributed by atoms with van der Waals surface area (Å²) in [5, 5.41) is 20.5. The molecule has 0 unspecified atom stereocenters. The Morgan fingerprint density at radius 2 is 2.08 bits per heavy atom. The molecule has 0 aliphatic carbocycles. The number of aromatic nitrogens is 3. The number of hydrogen-bond acceptors (Lipinski definition) is 4. The lowest BCUT2D eigenvalue weighted by Gasteiger charge is -1.92. The van der Waals surface area contributed by atoms with Gasteiger partial charge in [-0.1, -0.05) is 11.6 Å². The van der Waals surface area contributed by atoms with E-state index in [1.54, 1.807) is 0 Å². The van der Waals surface area contributed by atoms with E-state index >= 15 is 0 Å². The Kier molecular flexibility index (Phi) is 1.63. The summed E-state index contributed by atoms with van der Waals surface area (Å²) in [4.78, 5) is 9.98. The third-order valence-corrected chi connectivity index (χ3v) is 1.91. The highest BCUT2D eigenvalue weighted by atomic mass is 35.5. The van der Waals surface area contributed by atoms with E-state index < -0.39 is 4.92 Å². The van der Waals surface area contributed by atoms with E-state index in [1.807, 2.05) is 0 Å². The molecule has 1 aromatic heterocycles. The van der Waals surface area contributed by atoms with Crippen LogP contribution in [0.3, 0.4) is 0 Å². The zero-order valence-electron chi connectivity index (χ0n) is 6.19. The molecular weight excluding hydrogens is 196 g/mol. The second-order valence-corrected chi connectivity index (χ2v) is 2.75. The number of nitro groups is 1. The van der Waals surface area contributed by atoms with Gasteiger partial charge in [-0.05, 0) is 6.07 Å². The van der Waals surface area contributed by atoms with Crippen LogP contribution in [0.1, 0.15) is 0 Å². The van der Waals surface area contributed by atoms with Gasteiger partial charge in [0.05, 0.1) is 9.95 Å². The Bertz CT molecular complexity index is 480. The lowest BCUT2D eigenvalue weighted by molar-refractivity contribution is -0.383. The van der Waals surface area contributed by atoms with E-state index in [9.17, 15) is 10.1 Å². The average molecular weight is 199 g/mol. The van der Waals surface area contributed by atoms with Gasteiger partial charge < -0.3 is 0 Å². The summed E-state index contributed by atoms with van der Waals surface area (Å²) < 4.78 is 0. The third kappa shape index (κ3) is 1.11. The monoisotopic (exact) mass is 198 g/mol. The van der Waals surface area contributed by atoms with Crippen molar-refractivity contribution in [3.05, 3.63) is 27.3 Å². The first kappa shape index (κ1) is 7.93. The van der Waals surface area contributed by atoms with Crippen LogP contribution < -0.4 is 0 Å². The van der Waals surface area contributed by atoms with E-state index in [-0.39, 0.29) is 11.2 Å². The van der Waals surface area contributed by atoms with Crippen LogP contribution in [-0.4, -0.2) is 20.3 Å². The van der Waals surface area contributed by atoms with Gasteiger partial charge in [-0.3, -0.25) is 10.1 Å². The standard InChI is InChI=1S/C6H3ClN4O2/c7-3-1-2-4(11(12)13)6-5(3)8-10-9-6/h1-2H,(H,8,9,10). The Balaban J connectivity index is 2.86. The van der Waals surface area contributed by atoms with Crippen LogP contribution in [-0.2, 0) is 0 Å². The van der Waals surface area contributed by atoms with Crippen LogP contribution in [0.5, 0.6) is 0 Å². The zero-order valence-corrected chi connectivity index (χ0v) is 6.95. The van der Waals surface area contributed by atoms with Crippen LogP contribution >= 0.6 is 11.6 Å². The number of non-ortho nitro benzene ring substituents is 1. The first-order valence-electron chi connectivity index (χ1n) is 3.33. The second kappa shape index (κ2) is 2.67. The molecule has 7 heteroatoms. The predicted molar refractivity (Wildman–Crippen MR) is 45.6 cm³/mol. The first-order valence-corrected chi connectivity index (χ1v) is 3.71. The molecule has 1 heterocycles. The quantitative estimate of drug-likeness (QED) is 0.556. The zero-order chi connectivity index (χ0) is 9.42. The Morgan fingerprint density at radius 1 is 1.38 bits per heavy atom. The van der Waals surface area contributed by atoms with Gasteiger partial charge in [0.25, 0.3) is 5.69 Å². The van der Waals surface area contributed by atoms with Crippen LogP contribution in [0.25, 0.3) is 11.0 Å². The van der Waals surface area contributed by atoms with E-state index in [0.717, 1.165) is 0 Å². The summed E-state index contributed by atoms with van der Waals surface area (Å²) in [6, 6.07) is 2.72. The summed E-state index contributed by atoms with van der Waals surface area (Å²) in [6.45, 7) is 0. The van der Waals surface area contributed by atoms with Gasteiger partial charge in [0.2, 0.25) is 0 Å². The van der Waals surface area contributed by atoms with E-state index in [0.29, 0.717) is 10.5 Å². The molecule has 0 radical (unpaired) electrons. The summed E-state index contributed by atoms with van der Waals surface area (Å²) in [6.07, 6.45) is 0. The average Bonchev–Trinajstić information content (AvgIpc) is 2.53. The van der Waals surface area contributed by atoms with Crippen molar-refractivity contribution in [3.63, 3.8) is 0 Å². The molecule has 0 saturated heterocycles. The van der Waals surface area contributed by atoms with Gasteiger partial charge in [-0.2, -0.15) is 10.3 Å². The van der Waals surface area contributed by atoms with E-state index in [1.165, 1.54) is 12.1 Å². The van der Waals surface area contributed by atoms with Crippen molar-refractivity contribution in [3.8, 4) is 0 Å². The fourth-order valence-electron chi connectivity index (χ4n) is 1.03. The van der Waals surface area contributed by atoms with Gasteiger partial charge in [0.1, 0.15) is 5.52 Å². The van der Waals surface area contributed by atoms with Crippen LogP contribution in [0, 0.1) is 10.1 Å². The van der Waals surface area contributed by atoms with Crippen molar-refractivity contribution in [2.75, 3.05) is 0 Å². The molecule has 0 fully saturated rings. The molecule has 0 saturated carbocycles. The van der Waals surface area contributed by atoms with Gasteiger partial charge >= 0.3 is 0 Å². The maximum absolute atomic E-state index is 10.5. The molecule has 1 aromatic carbocycles. The number of rotatable bonds is 1. The molecule has 0 aliphatic heterocycles. The van der Waals surface area contributed by atoms with Crippen LogP contribution in [0.2, 0.25) is 5.02 Å².